The number of likely N-dealkylation sites (N-methyl/N-ethyl adjacent to an activating group) is 1. The van der Waals surface area contributed by atoms with Gasteiger partial charge in [-0.2, -0.15) is 0 Å². The molecule has 0 aliphatic heterocycles. The number of hydrogen-bond donors (Lipinski definition) is 4. The Morgan fingerprint density at radius 2 is 1.59 bits per heavy atom. The topological polar surface area (TPSA) is 133 Å². The van der Waals surface area contributed by atoms with E-state index in [1.165, 1.54) is 18.2 Å². The normalized spacial score (nSPS) is 13.8. The van der Waals surface area contributed by atoms with Crippen LogP contribution in [0.4, 0.5) is 0 Å². The largest absolute Gasteiger partial charge is 0.390 e. The third-order valence-corrected chi connectivity index (χ3v) is 6.30. The molecule has 0 radical (unpaired) electrons. The summed E-state index contributed by atoms with van der Waals surface area (Å²) >= 11 is 0. The Labute approximate surface area is 249 Å². The Bertz CT molecular complexity index is 910. The summed E-state index contributed by atoms with van der Waals surface area (Å²) in [7, 11) is 1.84. The molecular formula is C33H57N3O5. The van der Waals surface area contributed by atoms with Gasteiger partial charge in [-0.25, -0.2) is 0 Å². The molecule has 41 heavy (non-hydrogen) atoms. The van der Waals surface area contributed by atoms with Crippen LogP contribution in [-0.2, 0) is 0 Å². The first-order valence-electron chi connectivity index (χ1n) is 15.1. The first kappa shape index (κ1) is 40.3. The number of allylic oxidation sites excluding steroid dienone is 4. The third kappa shape index (κ3) is 16.9. The summed E-state index contributed by atoms with van der Waals surface area (Å²) in [5.41, 5.74) is 5.99. The molecule has 0 saturated heterocycles. The van der Waals surface area contributed by atoms with Crippen LogP contribution in [0.2, 0.25) is 0 Å². The van der Waals surface area contributed by atoms with Gasteiger partial charge in [0, 0.05) is 35.8 Å². The SMILES string of the molecule is C/C=C\C=C/C(C)CC(NC)C(O)C(O)CCCC.CC.CCCN(CCC)C(=O)c1cc(C=O)cc(C(N)=O)c1. The summed E-state index contributed by atoms with van der Waals surface area (Å²) in [4.78, 5) is 36.3. The molecular weight excluding hydrogens is 518 g/mol. The van der Waals surface area contributed by atoms with E-state index in [9.17, 15) is 24.6 Å². The number of primary amides is 1. The fraction of sp³-hybridized carbons (Fsp3) is 0.606. The summed E-state index contributed by atoms with van der Waals surface area (Å²) in [5, 5.41) is 23.3. The maximum absolute atomic E-state index is 12.4. The smallest absolute Gasteiger partial charge is 0.253 e. The molecule has 1 aromatic rings. The summed E-state index contributed by atoms with van der Waals surface area (Å²) in [6.07, 6.45) is 12.6. The number of unbranched alkanes of at least 4 members (excludes halogenated alkanes) is 1. The quantitative estimate of drug-likeness (QED) is 0.143. The van der Waals surface area contributed by atoms with Crippen molar-refractivity contribution in [2.75, 3.05) is 20.1 Å². The van der Waals surface area contributed by atoms with Crippen molar-refractivity contribution in [3.63, 3.8) is 0 Å². The number of carbonyl (C=O) groups is 3. The van der Waals surface area contributed by atoms with Gasteiger partial charge in [-0.15, -0.1) is 0 Å². The van der Waals surface area contributed by atoms with Crippen LogP contribution < -0.4 is 11.1 Å². The number of nitrogens with zero attached hydrogens (tertiary/aromatic N) is 1. The van der Waals surface area contributed by atoms with E-state index in [1.807, 2.05) is 59.9 Å². The molecule has 1 aromatic carbocycles. The van der Waals surface area contributed by atoms with Crippen molar-refractivity contribution in [2.24, 2.45) is 11.7 Å². The molecule has 0 saturated carbocycles. The number of aliphatic hydroxyl groups excluding tert-OH is 2. The third-order valence-electron chi connectivity index (χ3n) is 6.30. The number of hydrogen-bond acceptors (Lipinski definition) is 6. The van der Waals surface area contributed by atoms with Crippen LogP contribution in [0.5, 0.6) is 0 Å². The van der Waals surface area contributed by atoms with Crippen molar-refractivity contribution in [3.8, 4) is 0 Å². The predicted octanol–water partition coefficient (Wildman–Crippen LogP) is 5.53. The van der Waals surface area contributed by atoms with Crippen LogP contribution >= 0.6 is 0 Å². The molecule has 0 aliphatic rings. The summed E-state index contributed by atoms with van der Waals surface area (Å²) in [6.45, 7) is 15.5. The van der Waals surface area contributed by atoms with Gasteiger partial charge in [0.1, 0.15) is 6.29 Å². The number of benzene rings is 1. The molecule has 0 aliphatic carbocycles. The minimum Gasteiger partial charge on any atom is -0.390 e. The predicted molar refractivity (Wildman–Crippen MR) is 170 cm³/mol. The van der Waals surface area contributed by atoms with Crippen LogP contribution in [0.3, 0.4) is 0 Å². The van der Waals surface area contributed by atoms with Gasteiger partial charge >= 0.3 is 0 Å². The molecule has 234 valence electrons. The number of nitrogens with two attached hydrogens (primary N) is 1. The van der Waals surface area contributed by atoms with Crippen LogP contribution in [0.15, 0.2) is 42.5 Å². The molecule has 1 rings (SSSR count). The van der Waals surface area contributed by atoms with E-state index >= 15 is 0 Å². The van der Waals surface area contributed by atoms with Crippen molar-refractivity contribution in [1.29, 1.82) is 0 Å². The lowest BCUT2D eigenvalue weighted by Crippen LogP contribution is -2.45. The minimum atomic E-state index is -0.700. The first-order chi connectivity index (χ1) is 19.6. The fourth-order valence-electron chi connectivity index (χ4n) is 4.15. The minimum absolute atomic E-state index is 0.0721. The van der Waals surface area contributed by atoms with Gasteiger partial charge in [0.2, 0.25) is 5.91 Å². The molecule has 0 bridgehead atoms. The molecule has 4 atom stereocenters. The molecule has 5 N–H and O–H groups in total. The number of carbonyl (C=O) groups excluding carboxylic acids is 3. The van der Waals surface area contributed by atoms with Crippen molar-refractivity contribution in [1.82, 2.24) is 10.2 Å². The first-order valence-corrected chi connectivity index (χ1v) is 15.1. The molecule has 0 heterocycles. The Kier molecular flexibility index (Phi) is 24.5. The molecule has 8 nitrogen and oxygen atoms in total. The lowest BCUT2D eigenvalue weighted by Gasteiger charge is -2.28. The highest BCUT2D eigenvalue weighted by Crippen LogP contribution is 2.16. The van der Waals surface area contributed by atoms with E-state index in [-0.39, 0.29) is 23.1 Å². The number of aldehydes is 1. The van der Waals surface area contributed by atoms with E-state index < -0.39 is 18.1 Å². The van der Waals surface area contributed by atoms with Gasteiger partial charge < -0.3 is 26.2 Å². The number of aliphatic hydroxyl groups is 2. The fourth-order valence-corrected chi connectivity index (χ4v) is 4.15. The van der Waals surface area contributed by atoms with Gasteiger partial charge in [-0.1, -0.05) is 78.7 Å². The maximum atomic E-state index is 12.4. The lowest BCUT2D eigenvalue weighted by atomic mass is 9.93. The lowest BCUT2D eigenvalue weighted by molar-refractivity contribution is -0.0109. The van der Waals surface area contributed by atoms with Crippen LogP contribution in [-0.4, -0.2) is 71.6 Å². The van der Waals surface area contributed by atoms with Crippen LogP contribution in [0.25, 0.3) is 0 Å². The maximum Gasteiger partial charge on any atom is 0.253 e. The highest BCUT2D eigenvalue weighted by molar-refractivity contribution is 6.01. The van der Waals surface area contributed by atoms with Crippen LogP contribution in [0.1, 0.15) is 118 Å². The standard InChI is InChI=1S/C16H31NO2.C15H20N2O3.C2H6/c1-5-7-9-10-13(3)12-14(17-4)16(19)15(18)11-8-6-2;1-3-5-17(6-4-2)15(20)13-8-11(10-18)7-12(9-13)14(16)19;1-2/h5,7,9-10,13-19H,6,8,11-12H2,1-4H3;7-10H,3-6H2,1-2H3,(H2,16,19);1-2H3/b7-5-,10-9-;;. The second-order valence-electron chi connectivity index (χ2n) is 9.84. The van der Waals surface area contributed by atoms with Crippen molar-refractivity contribution in [2.45, 2.75) is 105 Å². The number of rotatable bonds is 17. The van der Waals surface area contributed by atoms with Gasteiger partial charge in [0.25, 0.3) is 5.91 Å². The zero-order chi connectivity index (χ0) is 31.8. The molecule has 0 spiro atoms. The summed E-state index contributed by atoms with van der Waals surface area (Å²) < 4.78 is 0. The van der Waals surface area contributed by atoms with Crippen molar-refractivity contribution < 1.29 is 24.6 Å². The van der Waals surface area contributed by atoms with E-state index in [4.69, 9.17) is 5.73 Å². The number of amides is 2. The van der Waals surface area contributed by atoms with Gasteiger partial charge in [-0.3, -0.25) is 14.4 Å². The van der Waals surface area contributed by atoms with E-state index in [0.717, 1.165) is 32.1 Å². The van der Waals surface area contributed by atoms with Gasteiger partial charge in [0.15, 0.2) is 0 Å². The molecule has 0 aromatic heterocycles. The van der Waals surface area contributed by atoms with E-state index in [1.54, 1.807) is 4.90 Å². The molecule has 0 fully saturated rings. The highest BCUT2D eigenvalue weighted by atomic mass is 16.3. The monoisotopic (exact) mass is 575 g/mol. The average Bonchev–Trinajstić information content (AvgIpc) is 2.98. The highest BCUT2D eigenvalue weighted by Gasteiger charge is 2.25. The Morgan fingerprint density at radius 1 is 1.00 bits per heavy atom. The average molecular weight is 576 g/mol. The summed E-state index contributed by atoms with van der Waals surface area (Å²) in [5.74, 6) is -0.471. The van der Waals surface area contributed by atoms with Gasteiger partial charge in [0.05, 0.1) is 12.2 Å². The second-order valence-corrected chi connectivity index (χ2v) is 9.84. The van der Waals surface area contributed by atoms with Crippen molar-refractivity contribution >= 4 is 18.1 Å². The molecule has 4 unspecified atom stereocenters. The summed E-state index contributed by atoms with van der Waals surface area (Å²) in [6, 6.07) is 4.24. The zero-order valence-electron chi connectivity index (χ0n) is 26.7. The number of nitrogens with one attached hydrogen (secondary N) is 1. The van der Waals surface area contributed by atoms with Crippen molar-refractivity contribution in [3.05, 3.63) is 59.2 Å². The van der Waals surface area contributed by atoms with E-state index in [2.05, 4.69) is 25.2 Å². The van der Waals surface area contributed by atoms with Gasteiger partial charge in [-0.05, 0) is 63.8 Å². The zero-order valence-corrected chi connectivity index (χ0v) is 26.7. The molecule has 8 heteroatoms. The molecule has 2 amide bonds. The Morgan fingerprint density at radius 3 is 2.05 bits per heavy atom. The second kappa shape index (κ2) is 24.9. The Hall–Kier alpha value is -2.81. The van der Waals surface area contributed by atoms with Crippen LogP contribution in [0, 0.1) is 5.92 Å². The Balaban J connectivity index is 0. The van der Waals surface area contributed by atoms with E-state index in [0.29, 0.717) is 37.3 Å².